The Morgan fingerprint density at radius 2 is 2.00 bits per heavy atom. The molecule has 0 radical (unpaired) electrons. The minimum atomic E-state index is -3.56. The lowest BCUT2D eigenvalue weighted by Crippen LogP contribution is -2.51. The summed E-state index contributed by atoms with van der Waals surface area (Å²) in [6, 6.07) is 0. The maximum Gasteiger partial charge on any atom is 0.254 e. The van der Waals surface area contributed by atoms with Crippen LogP contribution >= 0.6 is 0 Å². The molecule has 0 saturated heterocycles. The predicted molar refractivity (Wildman–Crippen MR) is 83.3 cm³/mol. The molecule has 2 aliphatic carbocycles. The molecule has 2 fully saturated rings. The Bertz CT molecular complexity index is 537. The quantitative estimate of drug-likeness (QED) is 0.669. The zero-order valence-electron chi connectivity index (χ0n) is 13.1. The minimum Gasteiger partial charge on any atom is -0.303 e. The van der Waals surface area contributed by atoms with Gasteiger partial charge in [0.2, 0.25) is 10.0 Å². The van der Waals surface area contributed by atoms with E-state index in [1.54, 1.807) is 6.92 Å². The molecular weight excluding hydrogens is 288 g/mol. The molecule has 2 saturated carbocycles. The highest BCUT2D eigenvalue weighted by molar-refractivity contribution is 7.91. The van der Waals surface area contributed by atoms with Crippen LogP contribution in [0.1, 0.15) is 52.9 Å². The molecule has 1 amide bonds. The summed E-state index contributed by atoms with van der Waals surface area (Å²) < 4.78 is 25.9. The Morgan fingerprint density at radius 3 is 2.52 bits per heavy atom. The fourth-order valence-corrected chi connectivity index (χ4v) is 3.90. The number of carbonyl (C=O) groups is 1. The van der Waals surface area contributed by atoms with Crippen LogP contribution in [0.15, 0.2) is 12.2 Å². The lowest BCUT2D eigenvalue weighted by atomic mass is 10.1. The molecule has 21 heavy (non-hydrogen) atoms. The van der Waals surface area contributed by atoms with Gasteiger partial charge in [-0.15, -0.1) is 0 Å². The molecule has 0 aliphatic heterocycles. The molecule has 0 aromatic rings. The highest BCUT2D eigenvalue weighted by Crippen LogP contribution is 2.46. The second-order valence-corrected chi connectivity index (χ2v) is 8.61. The molecule has 0 aromatic heterocycles. The molecule has 6 heteroatoms. The number of hydrogen-bond donors (Lipinski definition) is 2. The maximum atomic E-state index is 12.5. The summed E-state index contributed by atoms with van der Waals surface area (Å²) in [7, 11) is -3.56. The maximum absolute atomic E-state index is 12.5. The van der Waals surface area contributed by atoms with Gasteiger partial charge < -0.3 is 5.32 Å². The van der Waals surface area contributed by atoms with E-state index < -0.39 is 26.2 Å². The van der Waals surface area contributed by atoms with Crippen molar-refractivity contribution in [1.82, 2.24) is 10.0 Å². The average Bonchev–Trinajstić information content (AvgIpc) is 3.29. The summed E-state index contributed by atoms with van der Waals surface area (Å²) in [5.74, 6) is -0.310. The van der Waals surface area contributed by atoms with Gasteiger partial charge in [0.25, 0.3) is 5.91 Å². The van der Waals surface area contributed by atoms with Gasteiger partial charge in [-0.2, -0.15) is 0 Å². The first kappa shape index (κ1) is 16.5. The molecule has 0 heterocycles. The lowest BCUT2D eigenvalue weighted by molar-refractivity contribution is -0.122. The van der Waals surface area contributed by atoms with Gasteiger partial charge in [0, 0.05) is 5.92 Å². The van der Waals surface area contributed by atoms with Gasteiger partial charge in [0.15, 0.2) is 0 Å². The van der Waals surface area contributed by atoms with Crippen molar-refractivity contribution in [3.05, 3.63) is 12.2 Å². The third-order valence-electron chi connectivity index (χ3n) is 4.57. The Kier molecular flexibility index (Phi) is 4.49. The summed E-state index contributed by atoms with van der Waals surface area (Å²) in [4.78, 5) is 12.5. The first-order valence-electron chi connectivity index (χ1n) is 7.80. The highest BCUT2D eigenvalue weighted by Gasteiger charge is 2.60. The van der Waals surface area contributed by atoms with Gasteiger partial charge in [0.1, 0.15) is 5.54 Å². The third kappa shape index (κ3) is 3.16. The zero-order valence-corrected chi connectivity index (χ0v) is 13.9. The van der Waals surface area contributed by atoms with Gasteiger partial charge in [0.05, 0.1) is 4.75 Å². The Hall–Kier alpha value is -0.880. The highest BCUT2D eigenvalue weighted by atomic mass is 32.2. The molecule has 0 bridgehead atoms. The van der Waals surface area contributed by atoms with Crippen LogP contribution in [0.25, 0.3) is 0 Å². The summed E-state index contributed by atoms with van der Waals surface area (Å²) in [6.07, 6.45) is 8.09. The fraction of sp³-hybridized carbons (Fsp3) is 0.800. The van der Waals surface area contributed by atoms with E-state index in [0.29, 0.717) is 25.8 Å². The monoisotopic (exact) mass is 314 g/mol. The topological polar surface area (TPSA) is 75.3 Å². The second kappa shape index (κ2) is 5.72. The van der Waals surface area contributed by atoms with Crippen molar-refractivity contribution in [3.63, 3.8) is 0 Å². The van der Waals surface area contributed by atoms with Gasteiger partial charge in [-0.3, -0.25) is 9.52 Å². The number of unbranched alkanes of at least 4 members (excludes halogenated alkanes) is 1. The molecular formula is C15H26N2O3S. The van der Waals surface area contributed by atoms with Crippen molar-refractivity contribution in [2.24, 2.45) is 5.92 Å². The molecule has 2 unspecified atom stereocenters. The van der Waals surface area contributed by atoms with Gasteiger partial charge in [-0.1, -0.05) is 32.4 Å². The molecule has 2 atom stereocenters. The SMILES string of the molecule is CCCC=CC1CC1(NCC)C(=O)NS(=O)(=O)C1(C)CC1. The summed E-state index contributed by atoms with van der Waals surface area (Å²) >= 11 is 0. The van der Waals surface area contributed by atoms with Crippen LogP contribution in [0.3, 0.4) is 0 Å². The number of nitrogens with one attached hydrogen (secondary N) is 2. The van der Waals surface area contributed by atoms with Crippen molar-refractivity contribution in [2.45, 2.75) is 63.2 Å². The van der Waals surface area contributed by atoms with Crippen LogP contribution in [0.4, 0.5) is 0 Å². The Balaban J connectivity index is 2.05. The van der Waals surface area contributed by atoms with E-state index in [2.05, 4.69) is 23.0 Å². The molecule has 2 N–H and O–H groups in total. The zero-order chi connectivity index (χ0) is 15.7. The van der Waals surface area contributed by atoms with Crippen LogP contribution < -0.4 is 10.0 Å². The third-order valence-corrected chi connectivity index (χ3v) is 6.73. The van der Waals surface area contributed by atoms with Gasteiger partial charge in [-0.05, 0) is 39.2 Å². The first-order chi connectivity index (χ1) is 9.81. The standard InChI is InChI=1S/C15H26N2O3S/c1-4-6-7-8-12-11-15(12,16-5-2)13(18)17-21(19,20)14(3)9-10-14/h7-8,12,16H,4-6,9-11H2,1-3H3,(H,17,18). The van der Waals surface area contributed by atoms with E-state index in [1.165, 1.54) is 0 Å². The van der Waals surface area contributed by atoms with Crippen molar-refractivity contribution in [3.8, 4) is 0 Å². The van der Waals surface area contributed by atoms with Crippen LogP contribution in [0, 0.1) is 5.92 Å². The van der Waals surface area contributed by atoms with Gasteiger partial charge in [-0.25, -0.2) is 8.42 Å². The number of rotatable bonds is 8. The average molecular weight is 314 g/mol. The number of allylic oxidation sites excluding steroid dienone is 1. The van der Waals surface area contributed by atoms with Crippen molar-refractivity contribution < 1.29 is 13.2 Å². The number of hydrogen-bond acceptors (Lipinski definition) is 4. The Morgan fingerprint density at radius 1 is 1.33 bits per heavy atom. The van der Waals surface area contributed by atoms with Crippen molar-refractivity contribution in [1.29, 1.82) is 0 Å². The van der Waals surface area contributed by atoms with E-state index in [1.807, 2.05) is 13.0 Å². The van der Waals surface area contributed by atoms with Crippen molar-refractivity contribution in [2.75, 3.05) is 6.54 Å². The molecule has 120 valence electrons. The van der Waals surface area contributed by atoms with Crippen LogP contribution in [-0.2, 0) is 14.8 Å². The number of likely N-dealkylation sites (N-methyl/N-ethyl adjacent to an activating group) is 1. The van der Waals surface area contributed by atoms with E-state index in [-0.39, 0.29) is 5.92 Å². The summed E-state index contributed by atoms with van der Waals surface area (Å²) in [5, 5.41) is 3.18. The van der Waals surface area contributed by atoms with Crippen LogP contribution in [0.5, 0.6) is 0 Å². The number of amides is 1. The summed E-state index contributed by atoms with van der Waals surface area (Å²) in [5.41, 5.74) is -0.739. The molecule has 5 nitrogen and oxygen atoms in total. The van der Waals surface area contributed by atoms with Crippen molar-refractivity contribution >= 4 is 15.9 Å². The predicted octanol–water partition coefficient (Wildman–Crippen LogP) is 1.71. The smallest absolute Gasteiger partial charge is 0.254 e. The largest absolute Gasteiger partial charge is 0.303 e. The van der Waals surface area contributed by atoms with E-state index >= 15 is 0 Å². The fourth-order valence-electron chi connectivity index (χ4n) is 2.59. The minimum absolute atomic E-state index is 0.0891. The van der Waals surface area contributed by atoms with E-state index in [0.717, 1.165) is 12.8 Å². The van der Waals surface area contributed by atoms with Gasteiger partial charge >= 0.3 is 0 Å². The van der Waals surface area contributed by atoms with E-state index in [9.17, 15) is 13.2 Å². The number of carbonyl (C=O) groups excluding carboxylic acids is 1. The van der Waals surface area contributed by atoms with Crippen LogP contribution in [0.2, 0.25) is 0 Å². The second-order valence-electron chi connectivity index (χ2n) is 6.41. The van der Waals surface area contributed by atoms with E-state index in [4.69, 9.17) is 0 Å². The lowest BCUT2D eigenvalue weighted by Gasteiger charge is -2.19. The molecule has 2 aliphatic rings. The Labute approximate surface area is 127 Å². The molecule has 0 aromatic carbocycles. The van der Waals surface area contributed by atoms with Crippen LogP contribution in [-0.4, -0.2) is 31.2 Å². The molecule has 0 spiro atoms. The number of sulfonamides is 1. The molecule has 2 rings (SSSR count). The summed E-state index contributed by atoms with van der Waals surface area (Å²) in [6.45, 7) is 6.36. The first-order valence-corrected chi connectivity index (χ1v) is 9.28. The normalized spacial score (nSPS) is 30.3.